The Morgan fingerprint density at radius 1 is 1.25 bits per heavy atom. The van der Waals surface area contributed by atoms with Crippen LogP contribution in [0.3, 0.4) is 0 Å². The smallest absolute Gasteiger partial charge is 0.250 e. The fourth-order valence-corrected chi connectivity index (χ4v) is 1.24. The molecule has 0 spiro atoms. The third kappa shape index (κ3) is 2.12. The molecule has 80 valence electrons. The predicted molar refractivity (Wildman–Crippen MR) is 59.6 cm³/mol. The molecule has 0 saturated carbocycles. The number of benzene rings is 1. The average molecular weight is 214 g/mol. The number of nitrogens with zero attached hydrogens (tertiary/aromatic N) is 2. The maximum absolute atomic E-state index is 8.79. The van der Waals surface area contributed by atoms with Gasteiger partial charge in [0.15, 0.2) is 5.89 Å². The second-order valence-electron chi connectivity index (χ2n) is 3.14. The molecule has 2 rings (SSSR count). The van der Waals surface area contributed by atoms with E-state index in [9.17, 15) is 0 Å². The van der Waals surface area contributed by atoms with Gasteiger partial charge in [0.1, 0.15) is 6.07 Å². The fourth-order valence-electron chi connectivity index (χ4n) is 1.24. The highest BCUT2D eigenvalue weighted by Crippen LogP contribution is 2.16. The van der Waals surface area contributed by atoms with Gasteiger partial charge in [-0.2, -0.15) is 5.26 Å². The van der Waals surface area contributed by atoms with Gasteiger partial charge in [-0.3, -0.25) is 10.9 Å². The van der Waals surface area contributed by atoms with Crippen molar-refractivity contribution in [3.8, 4) is 6.07 Å². The highest BCUT2D eigenvalue weighted by atomic mass is 16.4. The minimum Gasteiger partial charge on any atom is -0.422 e. The summed E-state index contributed by atoms with van der Waals surface area (Å²) in [5, 5.41) is 8.79. The number of anilines is 2. The van der Waals surface area contributed by atoms with Gasteiger partial charge in [0, 0.05) is 6.92 Å². The number of aryl methyl sites for hydroxylation is 1. The van der Waals surface area contributed by atoms with Gasteiger partial charge in [0.2, 0.25) is 11.6 Å². The van der Waals surface area contributed by atoms with Crippen LogP contribution in [0.15, 0.2) is 34.7 Å². The Hall–Kier alpha value is -2.48. The molecule has 0 aliphatic rings. The van der Waals surface area contributed by atoms with E-state index in [1.165, 1.54) is 0 Å². The van der Waals surface area contributed by atoms with Gasteiger partial charge in [-0.05, 0) is 12.1 Å². The number of hydrazine groups is 1. The molecule has 0 amide bonds. The summed E-state index contributed by atoms with van der Waals surface area (Å²) in [6, 6.07) is 11.5. The quantitative estimate of drug-likeness (QED) is 0.767. The third-order valence-electron chi connectivity index (χ3n) is 1.93. The van der Waals surface area contributed by atoms with Gasteiger partial charge in [0.25, 0.3) is 0 Å². The van der Waals surface area contributed by atoms with E-state index in [-0.39, 0.29) is 5.69 Å². The Labute approximate surface area is 92.7 Å². The van der Waals surface area contributed by atoms with Crippen LogP contribution in [0.25, 0.3) is 0 Å². The molecule has 5 nitrogen and oxygen atoms in total. The molecule has 1 aromatic heterocycles. The summed E-state index contributed by atoms with van der Waals surface area (Å²) in [4.78, 5) is 3.91. The number of hydrogen-bond acceptors (Lipinski definition) is 5. The van der Waals surface area contributed by atoms with E-state index < -0.39 is 0 Å². The van der Waals surface area contributed by atoms with Crippen molar-refractivity contribution in [2.45, 2.75) is 6.92 Å². The first-order valence-corrected chi connectivity index (χ1v) is 4.74. The number of nitrogens with one attached hydrogen (secondary N) is 2. The molecule has 1 heterocycles. The van der Waals surface area contributed by atoms with Crippen LogP contribution in [0.5, 0.6) is 0 Å². The minimum atomic E-state index is 0.237. The van der Waals surface area contributed by atoms with Gasteiger partial charge < -0.3 is 4.42 Å². The minimum absolute atomic E-state index is 0.237. The molecule has 0 fully saturated rings. The SMILES string of the molecule is Cc1nc(C#N)c(NNc2ccccc2)o1. The van der Waals surface area contributed by atoms with Gasteiger partial charge >= 0.3 is 0 Å². The van der Waals surface area contributed by atoms with E-state index in [1.807, 2.05) is 36.4 Å². The fraction of sp³-hybridized carbons (Fsp3) is 0.0909. The first-order valence-electron chi connectivity index (χ1n) is 4.74. The van der Waals surface area contributed by atoms with Gasteiger partial charge in [-0.25, -0.2) is 4.98 Å². The van der Waals surface area contributed by atoms with Crippen LogP contribution in [0, 0.1) is 18.3 Å². The Balaban J connectivity index is 2.08. The molecule has 0 saturated heterocycles. The lowest BCUT2D eigenvalue weighted by atomic mass is 10.3. The topological polar surface area (TPSA) is 73.9 Å². The Morgan fingerprint density at radius 3 is 2.69 bits per heavy atom. The molecule has 2 aromatic rings. The van der Waals surface area contributed by atoms with Crippen molar-refractivity contribution in [3.63, 3.8) is 0 Å². The number of para-hydroxylation sites is 1. The molecule has 0 aliphatic heterocycles. The molecule has 5 heteroatoms. The van der Waals surface area contributed by atoms with E-state index in [0.717, 1.165) is 5.69 Å². The second kappa shape index (κ2) is 4.36. The van der Waals surface area contributed by atoms with Crippen molar-refractivity contribution in [1.82, 2.24) is 4.98 Å². The Morgan fingerprint density at radius 2 is 2.00 bits per heavy atom. The molecule has 0 atom stereocenters. The van der Waals surface area contributed by atoms with Crippen molar-refractivity contribution in [1.29, 1.82) is 5.26 Å². The number of nitriles is 1. The van der Waals surface area contributed by atoms with Crippen LogP contribution in [-0.2, 0) is 0 Å². The van der Waals surface area contributed by atoms with E-state index in [2.05, 4.69) is 15.8 Å². The lowest BCUT2D eigenvalue weighted by molar-refractivity contribution is 0.535. The molecule has 2 N–H and O–H groups in total. The summed E-state index contributed by atoms with van der Waals surface area (Å²) in [6.45, 7) is 1.69. The van der Waals surface area contributed by atoms with Crippen LogP contribution in [-0.4, -0.2) is 4.98 Å². The number of hydrogen-bond donors (Lipinski definition) is 2. The van der Waals surface area contributed by atoms with Crippen LogP contribution >= 0.6 is 0 Å². The number of aromatic nitrogens is 1. The maximum atomic E-state index is 8.79. The van der Waals surface area contributed by atoms with Crippen molar-refractivity contribution in [2.75, 3.05) is 10.9 Å². The van der Waals surface area contributed by atoms with Crippen molar-refractivity contribution < 1.29 is 4.42 Å². The van der Waals surface area contributed by atoms with Crippen molar-refractivity contribution in [3.05, 3.63) is 41.9 Å². The van der Waals surface area contributed by atoms with Crippen molar-refractivity contribution in [2.24, 2.45) is 0 Å². The van der Waals surface area contributed by atoms with E-state index in [0.29, 0.717) is 11.8 Å². The molecular weight excluding hydrogens is 204 g/mol. The molecular formula is C11H10N4O. The molecule has 1 aromatic carbocycles. The standard InChI is InChI=1S/C11H10N4O/c1-8-13-10(7-12)11(16-8)15-14-9-5-3-2-4-6-9/h2-6,14-15H,1H3. The lowest BCUT2D eigenvalue weighted by Crippen LogP contribution is -2.08. The van der Waals surface area contributed by atoms with Crippen molar-refractivity contribution >= 4 is 11.6 Å². The molecule has 0 unspecified atom stereocenters. The first kappa shape index (κ1) is 10.1. The van der Waals surface area contributed by atoms with Gasteiger partial charge in [0.05, 0.1) is 5.69 Å². The zero-order chi connectivity index (χ0) is 11.4. The highest BCUT2D eigenvalue weighted by molar-refractivity contribution is 5.52. The van der Waals surface area contributed by atoms with E-state index in [4.69, 9.17) is 9.68 Å². The normalized spacial score (nSPS) is 9.50. The van der Waals surface area contributed by atoms with Crippen LogP contribution < -0.4 is 10.9 Å². The zero-order valence-corrected chi connectivity index (χ0v) is 8.69. The van der Waals surface area contributed by atoms with Crippen LogP contribution in [0.4, 0.5) is 11.6 Å². The zero-order valence-electron chi connectivity index (χ0n) is 8.69. The van der Waals surface area contributed by atoms with E-state index in [1.54, 1.807) is 6.92 Å². The number of oxazole rings is 1. The largest absolute Gasteiger partial charge is 0.422 e. The molecule has 16 heavy (non-hydrogen) atoms. The Kier molecular flexibility index (Phi) is 2.74. The summed E-state index contributed by atoms with van der Waals surface area (Å²) in [7, 11) is 0. The monoisotopic (exact) mass is 214 g/mol. The van der Waals surface area contributed by atoms with Crippen LogP contribution in [0.1, 0.15) is 11.6 Å². The highest BCUT2D eigenvalue weighted by Gasteiger charge is 2.09. The summed E-state index contributed by atoms with van der Waals surface area (Å²) in [5.74, 6) is 0.776. The van der Waals surface area contributed by atoms with Gasteiger partial charge in [-0.15, -0.1) is 0 Å². The predicted octanol–water partition coefficient (Wildman–Crippen LogP) is 2.29. The third-order valence-corrected chi connectivity index (χ3v) is 1.93. The average Bonchev–Trinajstić information content (AvgIpc) is 2.68. The summed E-state index contributed by atoms with van der Waals surface area (Å²) in [5.41, 5.74) is 6.83. The van der Waals surface area contributed by atoms with Crippen LogP contribution in [0.2, 0.25) is 0 Å². The number of rotatable bonds is 3. The van der Waals surface area contributed by atoms with Gasteiger partial charge in [-0.1, -0.05) is 18.2 Å². The molecule has 0 radical (unpaired) electrons. The summed E-state index contributed by atoms with van der Waals surface area (Å²) < 4.78 is 5.22. The molecule has 0 aliphatic carbocycles. The molecule has 0 bridgehead atoms. The summed E-state index contributed by atoms with van der Waals surface area (Å²) in [6.07, 6.45) is 0. The van der Waals surface area contributed by atoms with E-state index >= 15 is 0 Å². The first-order chi connectivity index (χ1) is 7.79. The summed E-state index contributed by atoms with van der Waals surface area (Å²) >= 11 is 0. The Bertz CT molecular complexity index is 513. The second-order valence-corrected chi connectivity index (χ2v) is 3.14. The lowest BCUT2D eigenvalue weighted by Gasteiger charge is -2.05. The maximum Gasteiger partial charge on any atom is 0.250 e.